The van der Waals surface area contributed by atoms with Crippen LogP contribution in [0.1, 0.15) is 11.1 Å². The standard InChI is InChI=1S/C16H14FN3.ClH/c1-9-3-5-13-12(7-9)10(2)8-14(19-13)11-4-6-15(17)20-16(11)18;/h3-8H,1-2H3,(H2,18,20);1H/p+1. The molecule has 108 valence electrons. The molecule has 3 nitrogen and oxygen atoms in total. The molecule has 3 rings (SSSR count). The lowest BCUT2D eigenvalue weighted by Gasteiger charge is -2.04. The van der Waals surface area contributed by atoms with Gasteiger partial charge in [0.15, 0.2) is 0 Å². The lowest BCUT2D eigenvalue weighted by molar-refractivity contribution is -0.331. The topological polar surface area (TPSA) is 53.0 Å². The Labute approximate surface area is 128 Å². The molecule has 0 aliphatic heterocycles. The second kappa shape index (κ2) is 5.66. The van der Waals surface area contributed by atoms with Crippen LogP contribution in [0, 0.1) is 19.8 Å². The number of aromatic nitrogens is 2. The van der Waals surface area contributed by atoms with Crippen molar-refractivity contribution in [1.82, 2.24) is 4.98 Å². The smallest absolute Gasteiger partial charge is 0.215 e. The van der Waals surface area contributed by atoms with E-state index in [2.05, 4.69) is 23.0 Å². The molecule has 0 saturated carbocycles. The van der Waals surface area contributed by atoms with Gasteiger partial charge in [-0.1, -0.05) is 11.6 Å². The van der Waals surface area contributed by atoms with Crippen LogP contribution in [0.15, 0.2) is 36.4 Å². The minimum Gasteiger partial charge on any atom is -0.383 e. The molecule has 3 N–H and O–H groups in total. The van der Waals surface area contributed by atoms with Gasteiger partial charge in [0.2, 0.25) is 17.2 Å². The molecule has 1 aromatic carbocycles. The highest BCUT2D eigenvalue weighted by atomic mass is 35.5. The van der Waals surface area contributed by atoms with E-state index in [0.717, 1.165) is 16.8 Å². The maximum Gasteiger partial charge on any atom is 0.215 e. The van der Waals surface area contributed by atoms with Gasteiger partial charge in [0.25, 0.3) is 0 Å². The van der Waals surface area contributed by atoms with Crippen molar-refractivity contribution in [2.45, 2.75) is 13.8 Å². The van der Waals surface area contributed by atoms with E-state index >= 15 is 0 Å². The van der Waals surface area contributed by atoms with Crippen molar-refractivity contribution in [1.29, 1.82) is 0 Å². The summed E-state index contributed by atoms with van der Waals surface area (Å²) < 4.78 is 13.0. The molecule has 0 spiro atoms. The molecule has 0 unspecified atom stereocenters. The summed E-state index contributed by atoms with van der Waals surface area (Å²) >= 11 is 0. The van der Waals surface area contributed by atoms with Crippen LogP contribution in [0.4, 0.5) is 10.2 Å². The maximum absolute atomic E-state index is 13.0. The SMILES string of the molecule is Cc1ccc2[nH+]c(-c3ccc(F)nc3N)cc(C)c2c1.Cl. The van der Waals surface area contributed by atoms with Gasteiger partial charge < -0.3 is 5.73 Å². The molecule has 0 radical (unpaired) electrons. The first-order chi connectivity index (χ1) is 9.54. The van der Waals surface area contributed by atoms with Crippen LogP contribution in [0.2, 0.25) is 0 Å². The third kappa shape index (κ3) is 2.81. The number of nitrogens with two attached hydrogens (primary N) is 1. The third-order valence-corrected chi connectivity index (χ3v) is 3.41. The second-order valence-electron chi connectivity index (χ2n) is 4.98. The highest BCUT2D eigenvalue weighted by Gasteiger charge is 2.15. The average Bonchev–Trinajstić information content (AvgIpc) is 2.39. The molecule has 0 bridgehead atoms. The van der Waals surface area contributed by atoms with Gasteiger partial charge in [0.1, 0.15) is 5.82 Å². The van der Waals surface area contributed by atoms with E-state index in [-0.39, 0.29) is 18.2 Å². The van der Waals surface area contributed by atoms with E-state index in [0.29, 0.717) is 5.56 Å². The van der Waals surface area contributed by atoms with E-state index in [1.165, 1.54) is 17.0 Å². The minimum absolute atomic E-state index is 0. The molecule has 5 heteroatoms. The van der Waals surface area contributed by atoms with Gasteiger partial charge >= 0.3 is 0 Å². The van der Waals surface area contributed by atoms with Crippen molar-refractivity contribution in [2.75, 3.05) is 5.73 Å². The Morgan fingerprint density at radius 1 is 1.10 bits per heavy atom. The molecule has 0 saturated heterocycles. The molecule has 0 fully saturated rings. The van der Waals surface area contributed by atoms with Crippen LogP contribution in [0.5, 0.6) is 0 Å². The Bertz CT molecular complexity index is 818. The largest absolute Gasteiger partial charge is 0.383 e. The summed E-state index contributed by atoms with van der Waals surface area (Å²) in [6.45, 7) is 4.11. The summed E-state index contributed by atoms with van der Waals surface area (Å²) in [4.78, 5) is 6.99. The first-order valence-corrected chi connectivity index (χ1v) is 6.40. The molecule has 0 aliphatic carbocycles. The number of fused-ring (bicyclic) bond motifs is 1. The van der Waals surface area contributed by atoms with Crippen molar-refractivity contribution in [2.24, 2.45) is 0 Å². The predicted molar refractivity (Wildman–Crippen MR) is 84.8 cm³/mol. The number of hydrogen-bond acceptors (Lipinski definition) is 2. The summed E-state index contributed by atoms with van der Waals surface area (Å²) in [5, 5.41) is 1.17. The maximum atomic E-state index is 13.0. The Hall–Kier alpha value is -2.20. The molecule has 21 heavy (non-hydrogen) atoms. The highest BCUT2D eigenvalue weighted by molar-refractivity contribution is 5.85. The van der Waals surface area contributed by atoms with Gasteiger partial charge in [-0.3, -0.25) is 0 Å². The Morgan fingerprint density at radius 3 is 2.57 bits per heavy atom. The van der Waals surface area contributed by atoms with Crippen molar-refractivity contribution >= 4 is 29.1 Å². The van der Waals surface area contributed by atoms with Crippen molar-refractivity contribution < 1.29 is 9.37 Å². The van der Waals surface area contributed by atoms with Crippen molar-refractivity contribution in [3.8, 4) is 11.3 Å². The van der Waals surface area contributed by atoms with Crippen molar-refractivity contribution in [3.05, 3.63) is 53.5 Å². The van der Waals surface area contributed by atoms with Crippen LogP contribution >= 0.6 is 12.4 Å². The van der Waals surface area contributed by atoms with Crippen LogP contribution in [0.3, 0.4) is 0 Å². The second-order valence-corrected chi connectivity index (χ2v) is 4.98. The number of nitrogens with zero attached hydrogens (tertiary/aromatic N) is 1. The van der Waals surface area contributed by atoms with Gasteiger partial charge in [0.05, 0.1) is 5.56 Å². The summed E-state index contributed by atoms with van der Waals surface area (Å²) in [7, 11) is 0. The predicted octanol–water partition coefficient (Wildman–Crippen LogP) is 3.48. The van der Waals surface area contributed by atoms with E-state index in [4.69, 9.17) is 5.73 Å². The fourth-order valence-electron chi connectivity index (χ4n) is 2.39. The summed E-state index contributed by atoms with van der Waals surface area (Å²) in [5.41, 5.74) is 10.7. The third-order valence-electron chi connectivity index (χ3n) is 3.41. The number of anilines is 1. The average molecular weight is 305 g/mol. The number of pyridine rings is 2. The normalized spacial score (nSPS) is 10.4. The van der Waals surface area contributed by atoms with E-state index < -0.39 is 5.95 Å². The molecule has 0 atom stereocenters. The Morgan fingerprint density at radius 2 is 1.86 bits per heavy atom. The van der Waals surface area contributed by atoms with Crippen LogP contribution < -0.4 is 10.7 Å². The van der Waals surface area contributed by atoms with Crippen LogP contribution in [-0.4, -0.2) is 4.98 Å². The fourth-order valence-corrected chi connectivity index (χ4v) is 2.39. The zero-order valence-corrected chi connectivity index (χ0v) is 12.6. The van der Waals surface area contributed by atoms with Gasteiger partial charge in [-0.2, -0.15) is 4.39 Å². The van der Waals surface area contributed by atoms with Gasteiger partial charge in [-0.15, -0.1) is 12.4 Å². The number of halogens is 2. The first-order valence-electron chi connectivity index (χ1n) is 6.40. The van der Waals surface area contributed by atoms with Gasteiger partial charge in [0, 0.05) is 17.5 Å². The zero-order valence-electron chi connectivity index (χ0n) is 11.8. The number of aromatic amines is 1. The first kappa shape index (κ1) is 15.2. The molecular weight excluding hydrogens is 289 g/mol. The lowest BCUT2D eigenvalue weighted by atomic mass is 10.0. The summed E-state index contributed by atoms with van der Waals surface area (Å²) in [6, 6.07) is 11.2. The van der Waals surface area contributed by atoms with Crippen LogP contribution in [-0.2, 0) is 0 Å². The van der Waals surface area contributed by atoms with E-state index in [1.807, 2.05) is 25.1 Å². The number of H-pyrrole nitrogens is 1. The monoisotopic (exact) mass is 304 g/mol. The van der Waals surface area contributed by atoms with E-state index in [1.54, 1.807) is 6.07 Å². The van der Waals surface area contributed by atoms with Crippen LogP contribution in [0.25, 0.3) is 22.2 Å². The fraction of sp³-hybridized carbons (Fsp3) is 0.125. The number of nitrogens with one attached hydrogen (secondary N) is 1. The van der Waals surface area contributed by atoms with Gasteiger partial charge in [-0.25, -0.2) is 9.97 Å². The Balaban J connectivity index is 0.00000161. The minimum atomic E-state index is -0.570. The number of nitrogen functional groups attached to an aromatic ring is 1. The number of hydrogen-bond donors (Lipinski definition) is 1. The highest BCUT2D eigenvalue weighted by Crippen LogP contribution is 2.25. The summed E-state index contributed by atoms with van der Waals surface area (Å²) in [6.07, 6.45) is 0. The molecule has 0 aliphatic rings. The zero-order chi connectivity index (χ0) is 14.3. The van der Waals surface area contributed by atoms with Crippen molar-refractivity contribution in [3.63, 3.8) is 0 Å². The molecule has 0 amide bonds. The molecule has 2 heterocycles. The lowest BCUT2D eigenvalue weighted by Crippen LogP contribution is -2.11. The van der Waals surface area contributed by atoms with E-state index in [9.17, 15) is 4.39 Å². The number of aryl methyl sites for hydroxylation is 2. The quantitative estimate of drug-likeness (QED) is 0.700. The molecule has 3 aromatic rings. The Kier molecular flexibility index (Phi) is 4.09. The summed E-state index contributed by atoms with van der Waals surface area (Å²) in [5.74, 6) is -0.383. The molecular formula is C16H16ClFN3+. The number of rotatable bonds is 1. The molecule has 2 aromatic heterocycles. The number of benzene rings is 1. The van der Waals surface area contributed by atoms with Gasteiger partial charge in [-0.05, 0) is 37.6 Å².